The van der Waals surface area contributed by atoms with Gasteiger partial charge in [0.15, 0.2) is 0 Å². The molecule has 2 heterocycles. The van der Waals surface area contributed by atoms with E-state index in [4.69, 9.17) is 39.4 Å². The monoisotopic (exact) mass is 2040 g/mol. The summed E-state index contributed by atoms with van der Waals surface area (Å²) in [6.45, 7) is 8.84. The van der Waals surface area contributed by atoms with Crippen LogP contribution in [-0.2, 0) is 68.2 Å². The Labute approximate surface area is 824 Å². The van der Waals surface area contributed by atoms with Crippen molar-refractivity contribution in [2.45, 2.75) is 86.3 Å². The molecule has 0 saturated heterocycles. The van der Waals surface area contributed by atoms with E-state index in [2.05, 4.69) is 108 Å². The predicted octanol–water partition coefficient (Wildman–Crippen LogP) is 24.3. The van der Waals surface area contributed by atoms with Crippen LogP contribution in [0.5, 0.6) is 11.5 Å². The van der Waals surface area contributed by atoms with Crippen LogP contribution < -0.4 is 36.1 Å². The minimum Gasteiger partial charge on any atom is -0.493 e. The molecule has 0 spiro atoms. The quantitative estimate of drug-likeness (QED) is 0.00964. The average molecular weight is 2040 g/mol. The molecule has 0 aliphatic heterocycles. The van der Waals surface area contributed by atoms with Gasteiger partial charge in [-0.3, -0.25) is 27.6 Å². The largest absolute Gasteiger partial charge is 0.493 e. The van der Waals surface area contributed by atoms with Crippen LogP contribution in [0.15, 0.2) is 356 Å². The molecule has 0 bridgehead atoms. The Morgan fingerprint density at radius 2 is 0.722 bits per heavy atom. The molecule has 50 heteroatoms. The third kappa shape index (κ3) is 30.6. The fourth-order valence-corrected chi connectivity index (χ4v) is 15.9. The van der Waals surface area contributed by atoms with Gasteiger partial charge in [-0.1, -0.05) is 55.5 Å². The minimum atomic E-state index is -4.87. The Bertz CT molecular complexity index is 7970. The fraction of sp³-hybridized carbons (Fsp3) is 0.160. The van der Waals surface area contributed by atoms with Crippen LogP contribution in [0.3, 0.4) is 0 Å². The summed E-state index contributed by atoms with van der Waals surface area (Å²) in [5.41, 5.74) is 8.13. The summed E-state index contributed by atoms with van der Waals surface area (Å²) in [6.07, 6.45) is 0.645. The van der Waals surface area contributed by atoms with E-state index < -0.39 is 72.0 Å². The molecule has 144 heavy (non-hydrogen) atoms. The highest BCUT2D eigenvalue weighted by molar-refractivity contribution is 7.87. The van der Waals surface area contributed by atoms with E-state index in [0.29, 0.717) is 103 Å². The zero-order valence-electron chi connectivity index (χ0n) is 76.7. The van der Waals surface area contributed by atoms with E-state index in [1.54, 1.807) is 178 Å². The zero-order valence-corrected chi connectivity index (χ0v) is 80.8. The molecule has 14 rings (SSSR count). The summed E-state index contributed by atoms with van der Waals surface area (Å²) in [4.78, 5) is 40.4. The number of amides is 1. The first-order valence-corrected chi connectivity index (χ1v) is 50.8. The molecule has 14 aromatic rings. The molecule has 0 atom stereocenters. The number of ether oxygens (including phenoxy) is 2. The molecule has 45 nitrogen and oxygen atoms in total. The van der Waals surface area contributed by atoms with E-state index in [9.17, 15) is 69.6 Å². The minimum absolute atomic E-state index is 0.0157. The zero-order chi connectivity index (χ0) is 102. The summed E-state index contributed by atoms with van der Waals surface area (Å²) < 4.78 is 183. The summed E-state index contributed by atoms with van der Waals surface area (Å²) in [6, 6.07) is 65.3. The van der Waals surface area contributed by atoms with Gasteiger partial charge in [0, 0.05) is 56.2 Å². The molecular weight excluding hydrogens is 1960 g/mol. The van der Waals surface area contributed by atoms with E-state index in [1.165, 1.54) is 85.8 Å². The number of nitrogens with zero attached hydrogens (tertiary/aromatic N) is 22. The first-order chi connectivity index (χ1) is 68.9. The summed E-state index contributed by atoms with van der Waals surface area (Å²) >= 11 is 0. The van der Waals surface area contributed by atoms with E-state index in [0.717, 1.165) is 12.1 Å². The smallest absolute Gasteiger partial charge is 0.296 e. The van der Waals surface area contributed by atoms with Crippen molar-refractivity contribution in [1.29, 1.82) is 0 Å². The van der Waals surface area contributed by atoms with Crippen molar-refractivity contribution in [3.05, 3.63) is 294 Å². The molecular formula is C94H87N27O18S5. The Kier molecular flexibility index (Phi) is 33.7. The van der Waals surface area contributed by atoms with Crippen LogP contribution in [0, 0.1) is 20.8 Å². The second-order valence-electron chi connectivity index (χ2n) is 31.4. The number of nitrogens with one attached hydrogen (secondary N) is 5. The van der Waals surface area contributed by atoms with E-state index in [1.807, 2.05) is 13.8 Å². The predicted molar refractivity (Wildman–Crippen MR) is 534 cm³/mol. The summed E-state index contributed by atoms with van der Waals surface area (Å²) in [5, 5.41) is 84.4. The van der Waals surface area contributed by atoms with Gasteiger partial charge in [0.05, 0.1) is 114 Å². The van der Waals surface area contributed by atoms with Crippen LogP contribution in [-0.4, -0.2) is 133 Å². The number of benzene rings is 12. The number of carbonyl (C=O) groups is 1. The number of anilines is 7. The lowest BCUT2D eigenvalue weighted by atomic mass is 10.1. The van der Waals surface area contributed by atoms with Crippen LogP contribution in [0.2, 0.25) is 0 Å². The third-order valence-corrected chi connectivity index (χ3v) is 24.4. The van der Waals surface area contributed by atoms with Gasteiger partial charge in [-0.2, -0.15) is 133 Å². The summed E-state index contributed by atoms with van der Waals surface area (Å²) in [5.74, 6) is -0.150. The second-order valence-corrected chi connectivity index (χ2v) is 38.6. The molecule has 1 amide bonds. The molecule has 12 aromatic carbocycles. The number of carbonyl (C=O) groups excluding carboxylic acids is 1. The highest BCUT2D eigenvalue weighted by Crippen LogP contribution is 2.42. The van der Waals surface area contributed by atoms with E-state index in [-0.39, 0.29) is 148 Å². The van der Waals surface area contributed by atoms with Gasteiger partial charge >= 0.3 is 0 Å². The van der Waals surface area contributed by atoms with Crippen molar-refractivity contribution in [3.63, 3.8) is 0 Å². The maximum atomic E-state index is 13.1. The number of aryl methyl sites for hydroxylation is 3. The van der Waals surface area contributed by atoms with Gasteiger partial charge in [-0.25, -0.2) is 4.98 Å². The first kappa shape index (κ1) is 103. The highest BCUT2D eigenvalue weighted by atomic mass is 32.2. The third-order valence-electron chi connectivity index (χ3n) is 20.1. The Morgan fingerprint density at radius 3 is 1.19 bits per heavy atom. The van der Waals surface area contributed by atoms with Gasteiger partial charge in [0.2, 0.25) is 29.7 Å². The number of hydrogen-bond donors (Lipinski definition) is 10. The number of hydrogen-bond acceptors (Lipinski definition) is 39. The van der Waals surface area contributed by atoms with Crippen LogP contribution in [0.4, 0.5) is 132 Å². The molecule has 0 aliphatic rings. The van der Waals surface area contributed by atoms with Gasteiger partial charge in [-0.05, 0) is 256 Å². The molecule has 0 aliphatic carbocycles. The van der Waals surface area contributed by atoms with Crippen molar-refractivity contribution in [2.75, 3.05) is 58.6 Å². The Hall–Kier alpha value is -16.7. The number of rotatable bonds is 43. The number of aromatic nitrogens is 6. The Morgan fingerprint density at radius 1 is 0.333 bits per heavy atom. The van der Waals surface area contributed by atoms with Crippen molar-refractivity contribution in [1.82, 2.24) is 29.9 Å². The maximum absolute atomic E-state index is 13.1. The summed E-state index contributed by atoms with van der Waals surface area (Å²) in [7, 11) is -23.0. The molecule has 0 unspecified atom stereocenters. The van der Waals surface area contributed by atoms with Gasteiger partial charge in [0.1, 0.15) is 50.0 Å². The first-order valence-electron chi connectivity index (χ1n) is 43.4. The van der Waals surface area contributed by atoms with Crippen LogP contribution in [0.25, 0.3) is 0 Å². The lowest BCUT2D eigenvalue weighted by Gasteiger charge is -2.16. The Balaban J connectivity index is 0.753. The molecule has 0 fully saturated rings. The van der Waals surface area contributed by atoms with Crippen molar-refractivity contribution >= 4 is 188 Å². The van der Waals surface area contributed by atoms with Crippen LogP contribution in [0.1, 0.15) is 72.6 Å². The molecule has 2 aromatic heterocycles. The lowest BCUT2D eigenvalue weighted by Crippen LogP contribution is -2.16. The normalized spacial score (nSPS) is 12.3. The van der Waals surface area contributed by atoms with Crippen molar-refractivity contribution < 1.29 is 79.1 Å². The van der Waals surface area contributed by atoms with Gasteiger partial charge in [-0.15, -0.1) is 15.3 Å². The SMILES string of the molecule is CCCOc1cc(N=Nc2ccc(N=Nc3ccccc3)cc2S(=O)(=O)O)c(C)cc1Nc1nc(NCCCNc2nc(Cc3ccc(N=Nc4ccc(N=Nc5ccccc5)cc4S(=O)(=O)O)c(C)c3)nc(Cc3cc(NC(C)=O)c(N=Nc4ccc(N=Nc5ccc(S(=O)(=O)O)cc5)cc4)cc3OCCCS(=O)(=O)O)n2)nc(Nc2ccc(N=Nc3ccc(N=Nc4ccc(S(=O)(=O)O)cc4)cc3)c(C)c2)n1. The topological polar surface area (TPSA) is 643 Å². The average Bonchev–Trinajstić information content (AvgIpc) is 0.805. The highest BCUT2D eigenvalue weighted by Gasteiger charge is 2.24. The van der Waals surface area contributed by atoms with Crippen molar-refractivity contribution in [3.8, 4) is 11.5 Å². The molecule has 0 saturated carbocycles. The van der Waals surface area contributed by atoms with Gasteiger partial charge in [0.25, 0.3) is 50.6 Å². The number of azo groups is 8. The molecule has 10 N–H and O–H groups in total. The fourth-order valence-electron chi connectivity index (χ4n) is 13.2. The van der Waals surface area contributed by atoms with Gasteiger partial charge < -0.3 is 36.1 Å². The molecule has 736 valence electrons. The standard InChI is InChI=1S/C94H87N27O18S5/c1-6-45-138-86-56-81(120-119-80-42-34-74(55-88(80)144(135,136)137)115-107-65-17-11-8-12-18-65)60(4)50-84(86)99-94-104-92(103-93(105-94)98-72-32-40-78(59(3)49-72)116-112-68-24-20-66(21-25-68)108-110-70-28-35-75(36-29-70)141(126,127)128)96-44-13-43-95-91-101-89(51-62-19-39-77(58(2)48-62)117-118-79-41-33-73(54-87(79)143(132,133)134)114-106-64-15-9-7-10-16-64)100-90(102-91)53-63-52-82(97-61(5)122)83(57-85(63)139-46-14-47-140(123,124)125)121-113-69-26-22-67(23-27-69)109-111-71-30-37-76(38-31-71)142(129,130)131/h7-12,15-42,48-50,52,54-57H,6,13-14,43-47,51,53H2,1-5H3,(H,97,122)(H,123,124,125)(H,126,127,128)(H,129,130,131)(H,132,133,134)(H,135,136,137)(H,95,100,101,102)(H3,96,98,99,103,104,105). The van der Waals surface area contributed by atoms with E-state index >= 15 is 0 Å². The lowest BCUT2D eigenvalue weighted by molar-refractivity contribution is -0.114. The van der Waals surface area contributed by atoms with Crippen LogP contribution >= 0.6 is 0 Å². The maximum Gasteiger partial charge on any atom is 0.296 e. The molecule has 0 radical (unpaired) electrons. The van der Waals surface area contributed by atoms with Crippen molar-refractivity contribution in [2.24, 2.45) is 81.8 Å². The second kappa shape index (κ2) is 47.0.